The van der Waals surface area contributed by atoms with Crippen LogP contribution in [0.5, 0.6) is 5.88 Å². The second-order valence-corrected chi connectivity index (χ2v) is 3.89. The van der Waals surface area contributed by atoms with Crippen LogP contribution >= 0.6 is 38.5 Å². The molecule has 1 heterocycles. The average Bonchev–Trinajstić information content (AvgIpc) is 2.34. The van der Waals surface area contributed by atoms with Gasteiger partial charge in [-0.15, -0.1) is 5.10 Å². The zero-order valence-electron chi connectivity index (χ0n) is 7.47. The third-order valence-electron chi connectivity index (χ3n) is 1.61. The number of halogens is 2. The van der Waals surface area contributed by atoms with Crippen molar-refractivity contribution in [1.29, 1.82) is 0 Å². The van der Waals surface area contributed by atoms with Crippen LogP contribution in [0.2, 0.25) is 0 Å². The van der Waals surface area contributed by atoms with Crippen LogP contribution in [-0.4, -0.2) is 21.4 Å². The van der Waals surface area contributed by atoms with E-state index in [-0.39, 0.29) is 0 Å². The fourth-order valence-electron chi connectivity index (χ4n) is 1.01. The highest BCUT2D eigenvalue weighted by molar-refractivity contribution is 14.1. The van der Waals surface area contributed by atoms with Crippen LogP contribution in [0.25, 0.3) is 0 Å². The molecule has 0 atom stereocenters. The summed E-state index contributed by atoms with van der Waals surface area (Å²) in [4.78, 5) is 0. The number of nitrogens with one attached hydrogen (secondary N) is 1. The van der Waals surface area contributed by atoms with Crippen molar-refractivity contribution in [3.05, 3.63) is 10.2 Å². The minimum atomic E-state index is 0.604. The van der Waals surface area contributed by atoms with Gasteiger partial charge in [-0.2, -0.15) is 0 Å². The Morgan fingerprint density at radius 2 is 2.38 bits per heavy atom. The van der Waals surface area contributed by atoms with E-state index in [1.807, 2.05) is 18.8 Å². The van der Waals surface area contributed by atoms with E-state index in [4.69, 9.17) is 4.74 Å². The van der Waals surface area contributed by atoms with Crippen molar-refractivity contribution in [3.63, 3.8) is 0 Å². The molecule has 74 valence electrons. The van der Waals surface area contributed by atoms with Crippen molar-refractivity contribution < 1.29 is 4.74 Å². The van der Waals surface area contributed by atoms with E-state index >= 15 is 0 Å². The Bertz CT molecular complexity index is 290. The number of aromatic nitrogens is 2. The van der Waals surface area contributed by atoms with Crippen molar-refractivity contribution in [1.82, 2.24) is 15.1 Å². The highest BCUT2D eigenvalue weighted by Gasteiger charge is 2.13. The van der Waals surface area contributed by atoms with Gasteiger partial charge in [0.2, 0.25) is 5.88 Å². The topological polar surface area (TPSA) is 39.1 Å². The summed E-state index contributed by atoms with van der Waals surface area (Å²) >= 11 is 5.59. The van der Waals surface area contributed by atoms with Gasteiger partial charge >= 0.3 is 0 Å². The second-order valence-electron chi connectivity index (χ2n) is 2.47. The highest BCUT2D eigenvalue weighted by atomic mass is 127. The van der Waals surface area contributed by atoms with Gasteiger partial charge in [0.15, 0.2) is 0 Å². The first-order valence-corrected chi connectivity index (χ1v) is 6.07. The molecule has 13 heavy (non-hydrogen) atoms. The van der Waals surface area contributed by atoms with Gasteiger partial charge in [0, 0.05) is 13.6 Å². The fourth-order valence-corrected chi connectivity index (χ4v) is 1.89. The highest BCUT2D eigenvalue weighted by Crippen LogP contribution is 2.27. The number of aryl methyl sites for hydroxylation is 1. The SMILES string of the molecule is CNCc1c(Br)c(OCI)nn1C. The number of ether oxygens (including phenoxy) is 1. The molecule has 1 rings (SSSR count). The summed E-state index contributed by atoms with van der Waals surface area (Å²) in [6, 6.07) is 0. The maximum absolute atomic E-state index is 5.32. The van der Waals surface area contributed by atoms with Gasteiger partial charge in [-0.1, -0.05) is 0 Å². The van der Waals surface area contributed by atoms with Crippen molar-refractivity contribution in [2.24, 2.45) is 7.05 Å². The normalized spacial score (nSPS) is 10.5. The lowest BCUT2D eigenvalue weighted by Crippen LogP contribution is -2.10. The molecule has 0 spiro atoms. The molecule has 0 saturated carbocycles. The molecule has 0 bridgehead atoms. The largest absolute Gasteiger partial charge is 0.465 e. The zero-order valence-corrected chi connectivity index (χ0v) is 11.2. The van der Waals surface area contributed by atoms with Gasteiger partial charge in [-0.25, -0.2) is 0 Å². The molecule has 0 radical (unpaired) electrons. The van der Waals surface area contributed by atoms with E-state index in [9.17, 15) is 0 Å². The Morgan fingerprint density at radius 3 is 2.92 bits per heavy atom. The number of rotatable bonds is 4. The maximum Gasteiger partial charge on any atom is 0.248 e. The van der Waals surface area contributed by atoms with E-state index in [0.717, 1.165) is 16.7 Å². The van der Waals surface area contributed by atoms with Gasteiger partial charge in [0.25, 0.3) is 0 Å². The Labute approximate surface area is 99.3 Å². The molecular weight excluding hydrogens is 349 g/mol. The predicted molar refractivity (Wildman–Crippen MR) is 63.2 cm³/mol. The van der Waals surface area contributed by atoms with E-state index in [1.165, 1.54) is 0 Å². The van der Waals surface area contributed by atoms with Gasteiger partial charge in [0.1, 0.15) is 9.09 Å². The van der Waals surface area contributed by atoms with Crippen LogP contribution < -0.4 is 10.1 Å². The van der Waals surface area contributed by atoms with E-state index in [2.05, 4.69) is 48.9 Å². The molecule has 4 nitrogen and oxygen atoms in total. The molecule has 0 aliphatic heterocycles. The van der Waals surface area contributed by atoms with Crippen molar-refractivity contribution in [2.75, 3.05) is 11.7 Å². The van der Waals surface area contributed by atoms with Crippen molar-refractivity contribution in [3.8, 4) is 5.88 Å². The van der Waals surface area contributed by atoms with Crippen LogP contribution in [0, 0.1) is 0 Å². The standard InChI is InChI=1S/C7H11BrIN3O/c1-10-3-5-6(8)7(13-4-9)11-12(5)2/h10H,3-4H2,1-2H3. The molecule has 0 aromatic carbocycles. The molecular formula is C7H11BrIN3O. The minimum absolute atomic E-state index is 0.604. The Balaban J connectivity index is 2.92. The summed E-state index contributed by atoms with van der Waals surface area (Å²) in [6.07, 6.45) is 0. The van der Waals surface area contributed by atoms with Gasteiger partial charge in [-0.05, 0) is 45.6 Å². The summed E-state index contributed by atoms with van der Waals surface area (Å²) < 4.78 is 8.67. The molecule has 0 unspecified atom stereocenters. The number of hydrogen-bond acceptors (Lipinski definition) is 3. The number of nitrogens with zero attached hydrogens (tertiary/aromatic N) is 2. The molecule has 0 aliphatic carbocycles. The van der Waals surface area contributed by atoms with Gasteiger partial charge < -0.3 is 10.1 Å². The predicted octanol–water partition coefficient (Wildman–Crippen LogP) is 1.67. The van der Waals surface area contributed by atoms with Crippen LogP contribution in [0.3, 0.4) is 0 Å². The monoisotopic (exact) mass is 359 g/mol. The molecule has 6 heteroatoms. The molecule has 0 saturated heterocycles. The third-order valence-corrected chi connectivity index (χ3v) is 2.72. The quantitative estimate of drug-likeness (QED) is 0.656. The number of hydrogen-bond donors (Lipinski definition) is 1. The smallest absolute Gasteiger partial charge is 0.248 e. The first kappa shape index (κ1) is 11.3. The lowest BCUT2D eigenvalue weighted by molar-refractivity contribution is 0.380. The lowest BCUT2D eigenvalue weighted by Gasteiger charge is -1.99. The lowest BCUT2D eigenvalue weighted by atomic mass is 10.4. The first-order valence-electron chi connectivity index (χ1n) is 3.75. The molecule has 0 amide bonds. The fraction of sp³-hybridized carbons (Fsp3) is 0.571. The summed E-state index contributed by atoms with van der Waals surface area (Å²) in [5.74, 6) is 0.655. The van der Waals surface area contributed by atoms with E-state index in [0.29, 0.717) is 10.5 Å². The second kappa shape index (κ2) is 5.16. The van der Waals surface area contributed by atoms with Crippen LogP contribution in [-0.2, 0) is 13.6 Å². The third kappa shape index (κ3) is 2.57. The van der Waals surface area contributed by atoms with E-state index < -0.39 is 0 Å². The van der Waals surface area contributed by atoms with Crippen molar-refractivity contribution in [2.45, 2.75) is 6.54 Å². The average molecular weight is 360 g/mol. The van der Waals surface area contributed by atoms with Gasteiger partial charge in [0.05, 0.1) is 5.69 Å². The summed E-state index contributed by atoms with van der Waals surface area (Å²) in [6.45, 7) is 0.773. The molecule has 1 aromatic heterocycles. The van der Waals surface area contributed by atoms with Crippen LogP contribution in [0.15, 0.2) is 4.47 Å². The molecule has 1 aromatic rings. The van der Waals surface area contributed by atoms with Gasteiger partial charge in [-0.3, -0.25) is 4.68 Å². The summed E-state index contributed by atoms with van der Waals surface area (Å²) in [5.41, 5.74) is 1.09. The van der Waals surface area contributed by atoms with E-state index in [1.54, 1.807) is 0 Å². The van der Waals surface area contributed by atoms with Crippen LogP contribution in [0.1, 0.15) is 5.69 Å². The molecule has 0 fully saturated rings. The van der Waals surface area contributed by atoms with Crippen LogP contribution in [0.4, 0.5) is 0 Å². The maximum atomic E-state index is 5.32. The Hall–Kier alpha value is 0.180. The molecule has 0 aliphatic rings. The first-order chi connectivity index (χ1) is 6.20. The Kier molecular flexibility index (Phi) is 4.47. The summed E-state index contributed by atoms with van der Waals surface area (Å²) in [5, 5.41) is 7.29. The molecule has 1 N–H and O–H groups in total. The van der Waals surface area contributed by atoms with Crippen molar-refractivity contribution >= 4 is 38.5 Å². The zero-order chi connectivity index (χ0) is 9.84. The summed E-state index contributed by atoms with van der Waals surface area (Å²) in [7, 11) is 3.80. The Morgan fingerprint density at radius 1 is 1.69 bits per heavy atom. The minimum Gasteiger partial charge on any atom is -0.465 e. The number of alkyl halides is 1.